The highest BCUT2D eigenvalue weighted by Gasteiger charge is 2.31. The minimum absolute atomic E-state index is 0.00512. The van der Waals surface area contributed by atoms with Crippen LogP contribution in [0.5, 0.6) is 5.88 Å². The van der Waals surface area contributed by atoms with E-state index in [9.17, 15) is 19.5 Å². The van der Waals surface area contributed by atoms with Gasteiger partial charge in [0.05, 0.1) is 27.9 Å². The van der Waals surface area contributed by atoms with Crippen molar-refractivity contribution >= 4 is 40.0 Å². The summed E-state index contributed by atoms with van der Waals surface area (Å²) in [5.41, 5.74) is 0.802. The van der Waals surface area contributed by atoms with Gasteiger partial charge in [0.15, 0.2) is 5.88 Å². The van der Waals surface area contributed by atoms with Crippen LogP contribution in [0.4, 0.5) is 5.69 Å². The molecule has 1 aliphatic heterocycles. The molecule has 2 heterocycles. The Labute approximate surface area is 145 Å². The molecule has 0 saturated carbocycles. The van der Waals surface area contributed by atoms with E-state index < -0.39 is 17.7 Å². The Morgan fingerprint density at radius 2 is 1.62 bits per heavy atom. The van der Waals surface area contributed by atoms with Gasteiger partial charge in [0.25, 0.3) is 0 Å². The number of H-pyrrole nitrogens is 1. The van der Waals surface area contributed by atoms with Gasteiger partial charge < -0.3 is 20.3 Å². The van der Waals surface area contributed by atoms with Crippen LogP contribution >= 0.6 is 0 Å². The van der Waals surface area contributed by atoms with Crippen molar-refractivity contribution in [2.75, 3.05) is 0 Å². The summed E-state index contributed by atoms with van der Waals surface area (Å²) in [6.07, 6.45) is 0. The lowest BCUT2D eigenvalue weighted by molar-refractivity contribution is 0.0686. The Balaban J connectivity index is 1.90. The number of Topliss-reactive ketones (excluding diaryl/α,β-unsaturated/α-hetero) is 1. The van der Waals surface area contributed by atoms with Crippen molar-refractivity contribution < 1.29 is 29.7 Å². The molecule has 4 rings (SSSR count). The zero-order valence-electron chi connectivity index (χ0n) is 13.0. The lowest BCUT2D eigenvalue weighted by Crippen LogP contribution is -2.11. The number of aliphatic imine (C=N–C) groups is 1. The third kappa shape index (κ3) is 2.16. The Kier molecular flexibility index (Phi) is 3.16. The molecule has 0 unspecified atom stereocenters. The fourth-order valence-electron chi connectivity index (χ4n) is 2.97. The normalized spacial score (nSPS) is 12.9. The van der Waals surface area contributed by atoms with Gasteiger partial charge >= 0.3 is 11.9 Å². The zero-order valence-corrected chi connectivity index (χ0v) is 13.0. The predicted molar refractivity (Wildman–Crippen MR) is 90.9 cm³/mol. The van der Waals surface area contributed by atoms with E-state index in [0.717, 1.165) is 0 Å². The average Bonchev–Trinajstić information content (AvgIpc) is 3.09. The van der Waals surface area contributed by atoms with Gasteiger partial charge in [-0.15, -0.1) is 0 Å². The lowest BCUT2D eigenvalue weighted by Gasteiger charge is -2.00. The number of aromatic nitrogens is 1. The second kappa shape index (κ2) is 5.28. The van der Waals surface area contributed by atoms with E-state index >= 15 is 0 Å². The maximum atomic E-state index is 12.7. The third-order valence-electron chi connectivity index (χ3n) is 4.20. The number of nitrogens with one attached hydrogen (secondary N) is 1. The summed E-state index contributed by atoms with van der Waals surface area (Å²) in [5, 5.41) is 28.8. The van der Waals surface area contributed by atoms with Crippen LogP contribution in [0.15, 0.2) is 41.4 Å². The first-order chi connectivity index (χ1) is 12.4. The van der Waals surface area contributed by atoms with Gasteiger partial charge in [0.2, 0.25) is 5.78 Å². The minimum Gasteiger partial charge on any atom is -0.494 e. The maximum Gasteiger partial charge on any atom is 0.335 e. The van der Waals surface area contributed by atoms with E-state index in [-0.39, 0.29) is 39.5 Å². The number of fused-ring (bicyclic) bond motifs is 2. The molecule has 0 fully saturated rings. The molecular weight excluding hydrogens is 340 g/mol. The molecule has 8 nitrogen and oxygen atoms in total. The first-order valence-electron chi connectivity index (χ1n) is 7.46. The molecule has 128 valence electrons. The Hall–Kier alpha value is -3.94. The molecule has 1 aliphatic rings. The Morgan fingerprint density at radius 3 is 2.31 bits per heavy atom. The van der Waals surface area contributed by atoms with Crippen molar-refractivity contribution in [3.05, 3.63) is 58.7 Å². The third-order valence-corrected chi connectivity index (χ3v) is 4.20. The number of aromatic amines is 1. The van der Waals surface area contributed by atoms with E-state index in [1.807, 2.05) is 0 Å². The highest BCUT2D eigenvalue weighted by atomic mass is 16.4. The van der Waals surface area contributed by atoms with Crippen LogP contribution in [0.2, 0.25) is 0 Å². The summed E-state index contributed by atoms with van der Waals surface area (Å²) in [6.45, 7) is 0. The maximum absolute atomic E-state index is 12.7. The van der Waals surface area contributed by atoms with Gasteiger partial charge in [0.1, 0.15) is 5.71 Å². The SMILES string of the molecule is O=C(O)c1ccc2c(c1)C(=O)C(c1c(O)[nH]c3ccc(C(=O)O)cc13)=N2. The standard InChI is InChI=1S/C18H10N2O6/c21-15-10-6-8(18(25)26)2-4-12(10)19-14(15)13-9-5-7(17(23)24)1-3-11(9)20-16(13)22/h1-6,20,22H,(H,23,24)(H,25,26). The first kappa shape index (κ1) is 15.6. The molecule has 0 bridgehead atoms. The average molecular weight is 350 g/mol. The molecule has 0 saturated heterocycles. The summed E-state index contributed by atoms with van der Waals surface area (Å²) in [4.78, 5) is 41.9. The van der Waals surface area contributed by atoms with E-state index in [1.165, 1.54) is 36.4 Å². The minimum atomic E-state index is -1.17. The second-order valence-electron chi connectivity index (χ2n) is 5.74. The molecule has 4 N–H and O–H groups in total. The summed E-state index contributed by atoms with van der Waals surface area (Å²) in [5.74, 6) is -3.18. The number of nitrogens with zero attached hydrogens (tertiary/aromatic N) is 1. The number of carbonyl (C=O) groups is 3. The number of aromatic hydroxyl groups is 1. The highest BCUT2D eigenvalue weighted by molar-refractivity contribution is 6.56. The molecule has 0 spiro atoms. The van der Waals surface area contributed by atoms with E-state index in [4.69, 9.17) is 10.2 Å². The van der Waals surface area contributed by atoms with Crippen LogP contribution in [0.3, 0.4) is 0 Å². The molecule has 2 aromatic carbocycles. The largest absolute Gasteiger partial charge is 0.494 e. The van der Waals surface area contributed by atoms with E-state index in [1.54, 1.807) is 0 Å². The topological polar surface area (TPSA) is 140 Å². The number of ketones is 1. The quantitative estimate of drug-likeness (QED) is 0.572. The number of carboxylic acids is 2. The van der Waals surface area contributed by atoms with Crippen molar-refractivity contribution in [1.29, 1.82) is 0 Å². The number of hydrogen-bond acceptors (Lipinski definition) is 5. The van der Waals surface area contributed by atoms with Crippen molar-refractivity contribution in [1.82, 2.24) is 4.98 Å². The van der Waals surface area contributed by atoms with Crippen LogP contribution in [0.25, 0.3) is 10.9 Å². The van der Waals surface area contributed by atoms with Gasteiger partial charge in [-0.3, -0.25) is 4.79 Å². The second-order valence-corrected chi connectivity index (χ2v) is 5.74. The summed E-state index contributed by atoms with van der Waals surface area (Å²) < 4.78 is 0. The summed E-state index contributed by atoms with van der Waals surface area (Å²) in [6, 6.07) is 8.17. The van der Waals surface area contributed by atoms with Gasteiger partial charge in [-0.25, -0.2) is 14.6 Å². The van der Waals surface area contributed by atoms with Gasteiger partial charge in [0, 0.05) is 10.9 Å². The Morgan fingerprint density at radius 1 is 0.962 bits per heavy atom. The zero-order chi connectivity index (χ0) is 18.6. The molecule has 0 radical (unpaired) electrons. The fourth-order valence-corrected chi connectivity index (χ4v) is 2.97. The van der Waals surface area contributed by atoms with Crippen LogP contribution in [0.1, 0.15) is 36.6 Å². The summed E-state index contributed by atoms with van der Waals surface area (Å²) in [7, 11) is 0. The molecule has 3 aromatic rings. The highest BCUT2D eigenvalue weighted by Crippen LogP contribution is 2.36. The van der Waals surface area contributed by atoms with Gasteiger partial charge in [-0.05, 0) is 36.4 Å². The molecule has 0 aliphatic carbocycles. The van der Waals surface area contributed by atoms with Crippen molar-refractivity contribution in [3.8, 4) is 5.88 Å². The van der Waals surface area contributed by atoms with Gasteiger partial charge in [-0.1, -0.05) is 0 Å². The number of rotatable bonds is 3. The molecule has 1 aromatic heterocycles. The monoisotopic (exact) mass is 350 g/mol. The lowest BCUT2D eigenvalue weighted by atomic mass is 9.99. The Bertz CT molecular complexity index is 1170. The van der Waals surface area contributed by atoms with Crippen molar-refractivity contribution in [2.45, 2.75) is 0 Å². The number of aromatic carboxylic acids is 2. The smallest absolute Gasteiger partial charge is 0.335 e. The van der Waals surface area contributed by atoms with Crippen LogP contribution < -0.4 is 0 Å². The molecule has 0 amide bonds. The number of carboxylic acid groups (broad SMARTS) is 2. The summed E-state index contributed by atoms with van der Waals surface area (Å²) >= 11 is 0. The van der Waals surface area contributed by atoms with Crippen LogP contribution in [-0.2, 0) is 0 Å². The fraction of sp³-hybridized carbons (Fsp3) is 0. The number of benzene rings is 2. The van der Waals surface area contributed by atoms with E-state index in [0.29, 0.717) is 10.9 Å². The number of carbonyl (C=O) groups excluding carboxylic acids is 1. The molecular formula is C18H10N2O6. The van der Waals surface area contributed by atoms with Crippen molar-refractivity contribution in [2.24, 2.45) is 4.99 Å². The predicted octanol–water partition coefficient (Wildman–Crippen LogP) is 2.59. The van der Waals surface area contributed by atoms with Crippen LogP contribution in [-0.4, -0.2) is 43.7 Å². The van der Waals surface area contributed by atoms with E-state index in [2.05, 4.69) is 9.98 Å². The molecule has 26 heavy (non-hydrogen) atoms. The first-order valence-corrected chi connectivity index (χ1v) is 7.46. The molecule has 8 heteroatoms. The number of hydrogen-bond donors (Lipinski definition) is 4. The molecule has 0 atom stereocenters. The van der Waals surface area contributed by atoms with Crippen molar-refractivity contribution in [3.63, 3.8) is 0 Å². The van der Waals surface area contributed by atoms with Gasteiger partial charge in [-0.2, -0.15) is 0 Å². The van der Waals surface area contributed by atoms with Crippen LogP contribution in [0, 0.1) is 0 Å².